The quantitative estimate of drug-likeness (QED) is 0.662. The van der Waals surface area contributed by atoms with E-state index in [9.17, 15) is 9.59 Å². The zero-order valence-electron chi connectivity index (χ0n) is 17.7. The third-order valence-electron chi connectivity index (χ3n) is 6.55. The van der Waals surface area contributed by atoms with Crippen LogP contribution in [0.5, 0.6) is 0 Å². The average molecular weight is 405 g/mol. The van der Waals surface area contributed by atoms with Crippen molar-refractivity contribution < 1.29 is 9.59 Å². The largest absolute Gasteiger partial charge is 0.335 e. The van der Waals surface area contributed by atoms with Gasteiger partial charge < -0.3 is 5.32 Å². The Hall–Kier alpha value is -2.62. The second-order valence-corrected chi connectivity index (χ2v) is 8.66. The Morgan fingerprint density at radius 3 is 2.03 bits per heavy atom. The minimum absolute atomic E-state index is 0.0151. The van der Waals surface area contributed by atoms with Crippen molar-refractivity contribution in [1.82, 2.24) is 10.2 Å². The van der Waals surface area contributed by atoms with Crippen molar-refractivity contribution in [3.63, 3.8) is 0 Å². The lowest BCUT2D eigenvalue weighted by Crippen LogP contribution is -2.53. The molecule has 3 amide bonds. The Balaban J connectivity index is 1.63. The lowest BCUT2D eigenvalue weighted by atomic mass is 9.92. The normalized spacial score (nSPS) is 18.0. The number of nitrogens with one attached hydrogen (secondary N) is 1. The lowest BCUT2D eigenvalue weighted by Gasteiger charge is -2.35. The maximum Gasteiger partial charge on any atom is 0.324 e. The van der Waals surface area contributed by atoms with Gasteiger partial charge in [-0.2, -0.15) is 0 Å². The molecule has 0 saturated heterocycles. The highest BCUT2D eigenvalue weighted by molar-refractivity contribution is 6.08. The summed E-state index contributed by atoms with van der Waals surface area (Å²) in [5.74, 6) is -0.172. The SMILES string of the molecule is O=C(NC1CCCCC1)N(C(=O)c1ccccc1-c1ccccc1)C1CCCCC1. The number of amides is 3. The van der Waals surface area contributed by atoms with E-state index in [0.29, 0.717) is 5.56 Å². The summed E-state index contributed by atoms with van der Waals surface area (Å²) in [4.78, 5) is 28.7. The van der Waals surface area contributed by atoms with E-state index in [1.165, 1.54) is 12.8 Å². The first-order valence-corrected chi connectivity index (χ1v) is 11.5. The molecule has 2 fully saturated rings. The van der Waals surface area contributed by atoms with E-state index in [-0.39, 0.29) is 24.0 Å². The van der Waals surface area contributed by atoms with Crippen LogP contribution in [-0.2, 0) is 0 Å². The van der Waals surface area contributed by atoms with E-state index in [0.717, 1.165) is 62.5 Å². The van der Waals surface area contributed by atoms with Crippen LogP contribution in [0.25, 0.3) is 11.1 Å². The molecular formula is C26H32N2O2. The highest BCUT2D eigenvalue weighted by atomic mass is 16.2. The first-order valence-electron chi connectivity index (χ1n) is 11.5. The van der Waals surface area contributed by atoms with Gasteiger partial charge in [-0.25, -0.2) is 4.79 Å². The van der Waals surface area contributed by atoms with Gasteiger partial charge in [-0.05, 0) is 42.9 Å². The van der Waals surface area contributed by atoms with Gasteiger partial charge in [-0.15, -0.1) is 0 Å². The number of hydrogen-bond acceptors (Lipinski definition) is 2. The predicted molar refractivity (Wildman–Crippen MR) is 120 cm³/mol. The summed E-state index contributed by atoms with van der Waals surface area (Å²) < 4.78 is 0. The summed E-state index contributed by atoms with van der Waals surface area (Å²) in [6, 6.07) is 17.6. The molecule has 0 atom stereocenters. The Morgan fingerprint density at radius 2 is 1.33 bits per heavy atom. The number of urea groups is 1. The molecule has 2 aromatic carbocycles. The van der Waals surface area contributed by atoms with Crippen molar-refractivity contribution in [3.8, 4) is 11.1 Å². The summed E-state index contributed by atoms with van der Waals surface area (Å²) in [7, 11) is 0. The molecule has 0 unspecified atom stereocenters. The summed E-state index contributed by atoms with van der Waals surface area (Å²) in [5, 5.41) is 3.19. The van der Waals surface area contributed by atoms with Crippen LogP contribution >= 0.6 is 0 Å². The Morgan fingerprint density at radius 1 is 0.733 bits per heavy atom. The molecule has 158 valence electrons. The van der Waals surface area contributed by atoms with Crippen molar-refractivity contribution >= 4 is 11.9 Å². The summed E-state index contributed by atoms with van der Waals surface area (Å²) >= 11 is 0. The van der Waals surface area contributed by atoms with Crippen molar-refractivity contribution in [1.29, 1.82) is 0 Å². The first-order chi connectivity index (χ1) is 14.7. The van der Waals surface area contributed by atoms with E-state index < -0.39 is 0 Å². The Labute approximate surface area is 179 Å². The Kier molecular flexibility index (Phi) is 6.83. The minimum Gasteiger partial charge on any atom is -0.335 e. The summed E-state index contributed by atoms with van der Waals surface area (Å²) in [5.41, 5.74) is 2.49. The van der Waals surface area contributed by atoms with Crippen molar-refractivity contribution in [2.24, 2.45) is 0 Å². The van der Waals surface area contributed by atoms with Gasteiger partial charge in [0.1, 0.15) is 0 Å². The number of benzene rings is 2. The van der Waals surface area contributed by atoms with E-state index >= 15 is 0 Å². The summed E-state index contributed by atoms with van der Waals surface area (Å²) in [6.07, 6.45) is 10.7. The second kappa shape index (κ2) is 9.92. The molecule has 1 N–H and O–H groups in total. The van der Waals surface area contributed by atoms with Gasteiger partial charge >= 0.3 is 6.03 Å². The maximum atomic E-state index is 13.8. The molecule has 4 heteroatoms. The molecule has 2 aliphatic rings. The molecule has 0 radical (unpaired) electrons. The molecule has 2 aliphatic carbocycles. The molecule has 0 bridgehead atoms. The van der Waals surface area contributed by atoms with Gasteiger partial charge in [-0.3, -0.25) is 9.69 Å². The molecule has 0 heterocycles. The molecule has 2 aromatic rings. The highest BCUT2D eigenvalue weighted by Gasteiger charge is 2.33. The van der Waals surface area contributed by atoms with E-state index in [2.05, 4.69) is 5.32 Å². The fourth-order valence-corrected chi connectivity index (χ4v) is 4.92. The second-order valence-electron chi connectivity index (χ2n) is 8.66. The van der Waals surface area contributed by atoms with Crippen molar-refractivity contribution in [3.05, 3.63) is 60.2 Å². The van der Waals surface area contributed by atoms with Gasteiger partial charge in [0.15, 0.2) is 0 Å². The van der Waals surface area contributed by atoms with Gasteiger partial charge in [-0.1, -0.05) is 87.1 Å². The molecule has 30 heavy (non-hydrogen) atoms. The van der Waals surface area contributed by atoms with Crippen LogP contribution in [0.2, 0.25) is 0 Å². The van der Waals surface area contributed by atoms with E-state index in [1.54, 1.807) is 4.90 Å². The van der Waals surface area contributed by atoms with Crippen LogP contribution in [0.15, 0.2) is 54.6 Å². The standard InChI is InChI=1S/C26H32N2O2/c29-25(24-19-11-10-18-23(24)20-12-4-1-5-13-20)28(22-16-8-3-9-17-22)26(30)27-21-14-6-2-7-15-21/h1,4-5,10-13,18-19,21-22H,2-3,6-9,14-17H2,(H,27,30). The van der Waals surface area contributed by atoms with Crippen LogP contribution in [-0.4, -0.2) is 28.9 Å². The van der Waals surface area contributed by atoms with Crippen LogP contribution in [0, 0.1) is 0 Å². The number of rotatable bonds is 4. The molecule has 4 rings (SSSR count). The van der Waals surface area contributed by atoms with E-state index in [1.807, 2.05) is 54.6 Å². The molecular weight excluding hydrogens is 372 g/mol. The third-order valence-corrected chi connectivity index (χ3v) is 6.55. The number of hydrogen-bond donors (Lipinski definition) is 1. The van der Waals surface area contributed by atoms with Gasteiger partial charge in [0.25, 0.3) is 5.91 Å². The van der Waals surface area contributed by atoms with E-state index in [4.69, 9.17) is 0 Å². The summed E-state index contributed by atoms with van der Waals surface area (Å²) in [6.45, 7) is 0. The first kappa shape index (κ1) is 20.6. The number of carbonyl (C=O) groups excluding carboxylic acids is 2. The lowest BCUT2D eigenvalue weighted by molar-refractivity contribution is 0.0702. The third kappa shape index (κ3) is 4.75. The van der Waals surface area contributed by atoms with Crippen LogP contribution in [0.1, 0.15) is 74.6 Å². The predicted octanol–water partition coefficient (Wildman–Crippen LogP) is 6.17. The monoisotopic (exact) mass is 404 g/mol. The average Bonchev–Trinajstić information content (AvgIpc) is 2.81. The number of carbonyl (C=O) groups is 2. The van der Waals surface area contributed by atoms with Gasteiger partial charge in [0.2, 0.25) is 0 Å². The smallest absolute Gasteiger partial charge is 0.324 e. The highest BCUT2D eigenvalue weighted by Crippen LogP contribution is 2.29. The van der Waals surface area contributed by atoms with Crippen LogP contribution in [0.4, 0.5) is 4.79 Å². The van der Waals surface area contributed by atoms with Gasteiger partial charge in [0, 0.05) is 17.6 Å². The number of nitrogens with zero attached hydrogens (tertiary/aromatic N) is 1. The minimum atomic E-state index is -0.207. The van der Waals surface area contributed by atoms with Crippen LogP contribution < -0.4 is 5.32 Å². The molecule has 0 aliphatic heterocycles. The molecule has 2 saturated carbocycles. The zero-order valence-corrected chi connectivity index (χ0v) is 17.7. The van der Waals surface area contributed by atoms with Crippen LogP contribution in [0.3, 0.4) is 0 Å². The fraction of sp³-hybridized carbons (Fsp3) is 0.462. The van der Waals surface area contributed by atoms with Gasteiger partial charge in [0.05, 0.1) is 0 Å². The Bertz CT molecular complexity index is 852. The molecule has 0 spiro atoms. The number of imide groups is 1. The fourth-order valence-electron chi connectivity index (χ4n) is 4.92. The molecule has 0 aromatic heterocycles. The van der Waals surface area contributed by atoms with Crippen molar-refractivity contribution in [2.75, 3.05) is 0 Å². The molecule has 4 nitrogen and oxygen atoms in total. The maximum absolute atomic E-state index is 13.8. The van der Waals surface area contributed by atoms with Crippen molar-refractivity contribution in [2.45, 2.75) is 76.3 Å². The topological polar surface area (TPSA) is 49.4 Å². The zero-order chi connectivity index (χ0) is 20.8.